The lowest BCUT2D eigenvalue weighted by molar-refractivity contribution is -0.130. The summed E-state index contributed by atoms with van der Waals surface area (Å²) in [6, 6.07) is 19.1. The number of amides is 3. The smallest absolute Gasteiger partial charge is 0.318 e. The van der Waals surface area contributed by atoms with Crippen molar-refractivity contribution in [1.29, 1.82) is 0 Å². The molecule has 0 aliphatic carbocycles. The second-order valence-electron chi connectivity index (χ2n) is 7.09. The van der Waals surface area contributed by atoms with Gasteiger partial charge in [-0.15, -0.1) is 0 Å². The van der Waals surface area contributed by atoms with Crippen LogP contribution in [-0.4, -0.2) is 28.8 Å². The molecule has 0 N–H and O–H groups in total. The Balaban J connectivity index is 2.05. The zero-order valence-electron chi connectivity index (χ0n) is 15.6. The summed E-state index contributed by atoms with van der Waals surface area (Å²) in [5, 5.41) is 0. The summed E-state index contributed by atoms with van der Waals surface area (Å²) >= 11 is 0. The fraction of sp³-hybridized carbons (Fsp3) is 0.364. The number of benzene rings is 2. The van der Waals surface area contributed by atoms with Crippen molar-refractivity contribution in [2.45, 2.75) is 38.8 Å². The Morgan fingerprint density at radius 1 is 0.962 bits per heavy atom. The van der Waals surface area contributed by atoms with Crippen molar-refractivity contribution < 1.29 is 9.59 Å². The first-order valence-electron chi connectivity index (χ1n) is 9.23. The van der Waals surface area contributed by atoms with Crippen molar-refractivity contribution in [2.24, 2.45) is 5.92 Å². The van der Waals surface area contributed by atoms with Gasteiger partial charge in [0.1, 0.15) is 0 Å². The minimum atomic E-state index is -0.312. The van der Waals surface area contributed by atoms with Gasteiger partial charge >= 0.3 is 6.03 Å². The standard InChI is InChI=1S/C22H26N2O2/c1-4-16(2)15-19(25)24-21(18-13-9-6-10-14-18)20(23(3)22(24)26)17-11-7-5-8-12-17/h5-14,16,20-21H,4,15H2,1-3H3/t16?,20-,21-/m0/s1. The summed E-state index contributed by atoms with van der Waals surface area (Å²) in [7, 11) is 1.78. The van der Waals surface area contributed by atoms with Gasteiger partial charge in [0.05, 0.1) is 12.1 Å². The molecule has 26 heavy (non-hydrogen) atoms. The summed E-state index contributed by atoms with van der Waals surface area (Å²) in [6.45, 7) is 4.12. The first-order chi connectivity index (χ1) is 12.5. The third kappa shape index (κ3) is 3.36. The van der Waals surface area contributed by atoms with Crippen LogP contribution in [0.15, 0.2) is 60.7 Å². The molecule has 0 saturated carbocycles. The number of urea groups is 1. The van der Waals surface area contributed by atoms with Crippen molar-refractivity contribution in [2.75, 3.05) is 7.05 Å². The maximum atomic E-state index is 13.0. The minimum absolute atomic E-state index is 0.0940. The van der Waals surface area contributed by atoms with Gasteiger partial charge < -0.3 is 4.90 Å². The van der Waals surface area contributed by atoms with Crippen LogP contribution in [0.2, 0.25) is 0 Å². The molecule has 1 unspecified atom stereocenters. The Hall–Kier alpha value is -2.62. The fourth-order valence-electron chi connectivity index (χ4n) is 3.60. The monoisotopic (exact) mass is 350 g/mol. The van der Waals surface area contributed by atoms with E-state index < -0.39 is 0 Å². The summed E-state index contributed by atoms with van der Waals surface area (Å²) < 4.78 is 0. The van der Waals surface area contributed by atoms with Crippen LogP contribution in [0.3, 0.4) is 0 Å². The summed E-state index contributed by atoms with van der Waals surface area (Å²) in [6.07, 6.45) is 1.31. The van der Waals surface area contributed by atoms with Gasteiger partial charge in [0.2, 0.25) is 5.91 Å². The summed E-state index contributed by atoms with van der Waals surface area (Å²) in [4.78, 5) is 29.2. The predicted octanol–water partition coefficient (Wildman–Crippen LogP) is 4.80. The molecule has 0 bridgehead atoms. The zero-order valence-corrected chi connectivity index (χ0v) is 15.6. The highest BCUT2D eigenvalue weighted by atomic mass is 16.2. The van der Waals surface area contributed by atoms with Crippen LogP contribution in [0.1, 0.15) is 49.9 Å². The topological polar surface area (TPSA) is 40.6 Å². The van der Waals surface area contributed by atoms with E-state index in [1.165, 1.54) is 4.90 Å². The average molecular weight is 350 g/mol. The van der Waals surface area contributed by atoms with E-state index in [-0.39, 0.29) is 29.9 Å². The number of likely N-dealkylation sites (N-methyl/N-ethyl adjacent to an activating group) is 1. The van der Waals surface area contributed by atoms with Gasteiger partial charge in [-0.2, -0.15) is 0 Å². The molecular weight excluding hydrogens is 324 g/mol. The first-order valence-corrected chi connectivity index (χ1v) is 9.23. The van der Waals surface area contributed by atoms with Crippen LogP contribution in [0, 0.1) is 5.92 Å². The number of imide groups is 1. The average Bonchev–Trinajstić information content (AvgIpc) is 2.94. The maximum Gasteiger partial charge on any atom is 0.327 e. The zero-order chi connectivity index (χ0) is 18.7. The number of carbonyl (C=O) groups is 2. The van der Waals surface area contributed by atoms with Gasteiger partial charge in [-0.3, -0.25) is 9.69 Å². The Kier molecular flexibility index (Phi) is 5.40. The highest BCUT2D eigenvalue weighted by Crippen LogP contribution is 2.44. The number of nitrogens with zero attached hydrogens (tertiary/aromatic N) is 2. The molecule has 1 heterocycles. The number of hydrogen-bond acceptors (Lipinski definition) is 2. The minimum Gasteiger partial charge on any atom is -0.318 e. The van der Waals surface area contributed by atoms with Crippen molar-refractivity contribution >= 4 is 11.9 Å². The Labute approximate surface area is 155 Å². The van der Waals surface area contributed by atoms with Gasteiger partial charge in [0.25, 0.3) is 0 Å². The third-order valence-corrected chi connectivity index (χ3v) is 5.27. The molecule has 1 aliphatic rings. The molecule has 2 aromatic rings. The second kappa shape index (κ2) is 7.73. The molecule has 1 fully saturated rings. The molecule has 3 rings (SSSR count). The van der Waals surface area contributed by atoms with E-state index in [2.05, 4.69) is 6.92 Å². The molecule has 3 amide bonds. The van der Waals surface area contributed by atoms with E-state index in [9.17, 15) is 9.59 Å². The number of carbonyl (C=O) groups excluding carboxylic acids is 2. The van der Waals surface area contributed by atoms with Crippen molar-refractivity contribution in [3.05, 3.63) is 71.8 Å². The molecule has 4 heteroatoms. The van der Waals surface area contributed by atoms with Crippen LogP contribution in [-0.2, 0) is 4.79 Å². The van der Waals surface area contributed by atoms with E-state index >= 15 is 0 Å². The summed E-state index contributed by atoms with van der Waals surface area (Å²) in [5.41, 5.74) is 2.02. The lowest BCUT2D eigenvalue weighted by atomic mass is 9.93. The molecule has 2 aromatic carbocycles. The molecular formula is C22H26N2O2. The Morgan fingerprint density at radius 2 is 1.46 bits per heavy atom. The molecule has 136 valence electrons. The molecule has 4 nitrogen and oxygen atoms in total. The van der Waals surface area contributed by atoms with Gasteiger partial charge in [-0.1, -0.05) is 80.9 Å². The fourth-order valence-corrected chi connectivity index (χ4v) is 3.60. The lowest BCUT2D eigenvalue weighted by Gasteiger charge is -2.27. The Morgan fingerprint density at radius 3 is 1.96 bits per heavy atom. The molecule has 0 aromatic heterocycles. The maximum absolute atomic E-state index is 13.0. The normalized spacial score (nSPS) is 21.1. The van der Waals surface area contributed by atoms with Crippen LogP contribution in [0.25, 0.3) is 0 Å². The third-order valence-electron chi connectivity index (χ3n) is 5.27. The van der Waals surface area contributed by atoms with E-state index in [0.717, 1.165) is 17.5 Å². The van der Waals surface area contributed by atoms with E-state index in [4.69, 9.17) is 0 Å². The number of hydrogen-bond donors (Lipinski definition) is 0. The largest absolute Gasteiger partial charge is 0.327 e. The quantitative estimate of drug-likeness (QED) is 0.777. The Bertz CT molecular complexity index is 760. The van der Waals surface area contributed by atoms with Crippen LogP contribution < -0.4 is 0 Å². The van der Waals surface area contributed by atoms with E-state index in [0.29, 0.717) is 6.42 Å². The van der Waals surface area contributed by atoms with Crippen LogP contribution in [0.4, 0.5) is 4.79 Å². The first kappa shape index (κ1) is 18.2. The molecule has 3 atom stereocenters. The second-order valence-corrected chi connectivity index (χ2v) is 7.09. The van der Waals surface area contributed by atoms with E-state index in [1.54, 1.807) is 11.9 Å². The van der Waals surface area contributed by atoms with Gasteiger partial charge in [0, 0.05) is 13.5 Å². The highest BCUT2D eigenvalue weighted by Gasteiger charge is 2.48. The van der Waals surface area contributed by atoms with Gasteiger partial charge in [-0.05, 0) is 17.0 Å². The molecule has 0 radical (unpaired) electrons. The van der Waals surface area contributed by atoms with Crippen molar-refractivity contribution in [3.63, 3.8) is 0 Å². The van der Waals surface area contributed by atoms with Gasteiger partial charge in [-0.25, -0.2) is 4.79 Å². The van der Waals surface area contributed by atoms with Crippen molar-refractivity contribution in [1.82, 2.24) is 9.80 Å². The highest BCUT2D eigenvalue weighted by molar-refractivity contribution is 5.97. The van der Waals surface area contributed by atoms with Crippen molar-refractivity contribution in [3.8, 4) is 0 Å². The number of rotatable bonds is 5. The van der Waals surface area contributed by atoms with Crippen LogP contribution >= 0.6 is 0 Å². The van der Waals surface area contributed by atoms with Gasteiger partial charge in [0.15, 0.2) is 0 Å². The van der Waals surface area contributed by atoms with E-state index in [1.807, 2.05) is 67.6 Å². The van der Waals surface area contributed by atoms with Crippen LogP contribution in [0.5, 0.6) is 0 Å². The predicted molar refractivity (Wildman–Crippen MR) is 102 cm³/mol. The SMILES string of the molecule is CCC(C)CC(=O)N1C(=O)N(C)[C@@H](c2ccccc2)[C@@H]1c1ccccc1. The molecule has 1 aliphatic heterocycles. The summed E-state index contributed by atoms with van der Waals surface area (Å²) in [5.74, 6) is 0.163. The molecule has 1 saturated heterocycles. The lowest BCUT2D eigenvalue weighted by Crippen LogP contribution is -2.37. The molecule has 0 spiro atoms.